The zero-order valence-corrected chi connectivity index (χ0v) is 14.2. The van der Waals surface area contributed by atoms with Crippen molar-refractivity contribution in [2.75, 3.05) is 5.32 Å². The minimum absolute atomic E-state index is 0.183. The number of hydrogen-bond donors (Lipinski definition) is 2. The van der Waals surface area contributed by atoms with Crippen LogP contribution in [0.15, 0.2) is 17.0 Å². The van der Waals surface area contributed by atoms with Crippen LogP contribution in [0, 0.1) is 19.3 Å². The maximum Gasteiger partial charge on any atom is 0.238 e. The van der Waals surface area contributed by atoms with Gasteiger partial charge in [0.1, 0.15) is 0 Å². The summed E-state index contributed by atoms with van der Waals surface area (Å²) >= 11 is 0. The summed E-state index contributed by atoms with van der Waals surface area (Å²) in [4.78, 5) is 0.183. The Bertz CT molecular complexity index is 636. The Balaban J connectivity index is 2.29. The second-order valence-electron chi connectivity index (χ2n) is 7.06. The highest BCUT2D eigenvalue weighted by Gasteiger charge is 2.28. The lowest BCUT2D eigenvalue weighted by molar-refractivity contribution is 0.229. The van der Waals surface area contributed by atoms with E-state index < -0.39 is 10.0 Å². The van der Waals surface area contributed by atoms with Crippen molar-refractivity contribution in [1.29, 1.82) is 0 Å². The fourth-order valence-electron chi connectivity index (χ4n) is 3.18. The molecule has 0 radical (unpaired) electrons. The topological polar surface area (TPSA) is 72.2 Å². The van der Waals surface area contributed by atoms with Crippen molar-refractivity contribution in [2.24, 2.45) is 10.6 Å². The number of primary sulfonamides is 1. The standard InChI is InChI=1S/C16H26N2O2S/c1-11-8-14(21(17,19)20)9-15(12(11)2)18-13-6-5-7-16(3,4)10-13/h8-9,13,18H,5-7,10H2,1-4H3,(H2,17,19,20). The zero-order valence-electron chi connectivity index (χ0n) is 13.4. The van der Waals surface area contributed by atoms with Gasteiger partial charge in [0, 0.05) is 11.7 Å². The summed E-state index contributed by atoms with van der Waals surface area (Å²) in [5.41, 5.74) is 3.27. The minimum Gasteiger partial charge on any atom is -0.382 e. The van der Waals surface area contributed by atoms with Crippen molar-refractivity contribution < 1.29 is 8.42 Å². The Labute approximate surface area is 128 Å². The van der Waals surface area contributed by atoms with Crippen LogP contribution in [0.25, 0.3) is 0 Å². The SMILES string of the molecule is Cc1cc(S(N)(=O)=O)cc(NC2CCCC(C)(C)C2)c1C. The molecule has 118 valence electrons. The third kappa shape index (κ3) is 3.98. The van der Waals surface area contributed by atoms with Gasteiger partial charge < -0.3 is 5.32 Å². The highest BCUT2D eigenvalue weighted by molar-refractivity contribution is 7.89. The van der Waals surface area contributed by atoms with E-state index in [0.29, 0.717) is 11.5 Å². The summed E-state index contributed by atoms with van der Waals surface area (Å²) in [7, 11) is -3.67. The number of aryl methyl sites for hydroxylation is 1. The fourth-order valence-corrected chi connectivity index (χ4v) is 3.80. The van der Waals surface area contributed by atoms with Gasteiger partial charge in [-0.2, -0.15) is 0 Å². The summed E-state index contributed by atoms with van der Waals surface area (Å²) in [6, 6.07) is 3.70. The molecule has 1 aromatic rings. The first-order valence-corrected chi connectivity index (χ1v) is 9.04. The molecule has 0 amide bonds. The van der Waals surface area contributed by atoms with Gasteiger partial charge in [0.15, 0.2) is 0 Å². The second kappa shape index (κ2) is 5.61. The van der Waals surface area contributed by atoms with E-state index in [1.165, 1.54) is 12.8 Å². The molecule has 0 aromatic heterocycles. The molecule has 1 unspecified atom stereocenters. The molecular weight excluding hydrogens is 284 g/mol. The van der Waals surface area contributed by atoms with E-state index in [0.717, 1.165) is 29.7 Å². The van der Waals surface area contributed by atoms with Gasteiger partial charge >= 0.3 is 0 Å². The smallest absolute Gasteiger partial charge is 0.238 e. The maximum atomic E-state index is 11.6. The molecule has 2 rings (SSSR count). The molecule has 1 fully saturated rings. The van der Waals surface area contributed by atoms with E-state index in [1.807, 2.05) is 13.8 Å². The van der Waals surface area contributed by atoms with Crippen LogP contribution >= 0.6 is 0 Å². The van der Waals surface area contributed by atoms with Gasteiger partial charge in [-0.3, -0.25) is 0 Å². The first-order valence-electron chi connectivity index (χ1n) is 7.49. The third-order valence-corrected chi connectivity index (χ3v) is 5.43. The number of benzene rings is 1. The summed E-state index contributed by atoms with van der Waals surface area (Å²) < 4.78 is 23.2. The average Bonchev–Trinajstić information content (AvgIpc) is 2.32. The van der Waals surface area contributed by atoms with Crippen LogP contribution in [0.3, 0.4) is 0 Å². The molecule has 1 aliphatic carbocycles. The predicted octanol–water partition coefficient (Wildman–Crippen LogP) is 3.33. The van der Waals surface area contributed by atoms with Gasteiger partial charge in [-0.05, 0) is 61.8 Å². The monoisotopic (exact) mass is 310 g/mol. The van der Waals surface area contributed by atoms with Crippen LogP contribution in [0.4, 0.5) is 5.69 Å². The fraction of sp³-hybridized carbons (Fsp3) is 0.625. The molecule has 21 heavy (non-hydrogen) atoms. The number of nitrogens with one attached hydrogen (secondary N) is 1. The quantitative estimate of drug-likeness (QED) is 0.899. The Morgan fingerprint density at radius 2 is 1.95 bits per heavy atom. The van der Waals surface area contributed by atoms with Gasteiger partial charge in [-0.1, -0.05) is 20.3 Å². The van der Waals surface area contributed by atoms with Crippen molar-refractivity contribution in [3.8, 4) is 0 Å². The van der Waals surface area contributed by atoms with E-state index in [9.17, 15) is 8.42 Å². The lowest BCUT2D eigenvalue weighted by atomic mass is 9.75. The summed E-state index contributed by atoms with van der Waals surface area (Å²) in [6.45, 7) is 8.51. The van der Waals surface area contributed by atoms with Crippen molar-refractivity contribution >= 4 is 15.7 Å². The Morgan fingerprint density at radius 3 is 2.52 bits per heavy atom. The van der Waals surface area contributed by atoms with Crippen molar-refractivity contribution in [1.82, 2.24) is 0 Å². The van der Waals surface area contributed by atoms with E-state index in [2.05, 4.69) is 19.2 Å². The molecule has 0 bridgehead atoms. The molecule has 1 atom stereocenters. The molecule has 1 aromatic carbocycles. The van der Waals surface area contributed by atoms with Crippen molar-refractivity contribution in [3.63, 3.8) is 0 Å². The molecule has 1 saturated carbocycles. The van der Waals surface area contributed by atoms with Crippen LogP contribution in [0.1, 0.15) is 50.7 Å². The van der Waals surface area contributed by atoms with E-state index in [4.69, 9.17) is 5.14 Å². The van der Waals surface area contributed by atoms with Gasteiger partial charge in [-0.25, -0.2) is 13.6 Å². The molecule has 1 aliphatic rings. The number of anilines is 1. The first-order chi connectivity index (χ1) is 9.58. The Morgan fingerprint density at radius 1 is 1.29 bits per heavy atom. The van der Waals surface area contributed by atoms with Gasteiger partial charge in [0.05, 0.1) is 4.90 Å². The van der Waals surface area contributed by atoms with Crippen LogP contribution in [0.5, 0.6) is 0 Å². The molecule has 3 N–H and O–H groups in total. The van der Waals surface area contributed by atoms with Crippen LogP contribution < -0.4 is 10.5 Å². The number of sulfonamides is 1. The van der Waals surface area contributed by atoms with E-state index in [-0.39, 0.29) is 4.90 Å². The van der Waals surface area contributed by atoms with Crippen LogP contribution in [-0.2, 0) is 10.0 Å². The van der Waals surface area contributed by atoms with Gasteiger partial charge in [0.25, 0.3) is 0 Å². The molecule has 0 saturated heterocycles. The van der Waals surface area contributed by atoms with Crippen molar-refractivity contribution in [3.05, 3.63) is 23.3 Å². The summed E-state index contributed by atoms with van der Waals surface area (Å²) in [6.07, 6.45) is 4.69. The molecule has 0 spiro atoms. The Hall–Kier alpha value is -1.07. The maximum absolute atomic E-state index is 11.6. The van der Waals surface area contributed by atoms with Crippen LogP contribution in [0.2, 0.25) is 0 Å². The van der Waals surface area contributed by atoms with Gasteiger partial charge in [0.2, 0.25) is 10.0 Å². The third-order valence-electron chi connectivity index (χ3n) is 4.53. The number of rotatable bonds is 3. The van der Waals surface area contributed by atoms with E-state index in [1.54, 1.807) is 12.1 Å². The lowest BCUT2D eigenvalue weighted by Crippen LogP contribution is -2.32. The summed E-state index contributed by atoms with van der Waals surface area (Å²) in [5, 5.41) is 8.80. The Kier molecular flexibility index (Phi) is 4.36. The second-order valence-corrected chi connectivity index (χ2v) is 8.62. The minimum atomic E-state index is -3.67. The largest absolute Gasteiger partial charge is 0.382 e. The highest BCUT2D eigenvalue weighted by atomic mass is 32.2. The molecule has 5 heteroatoms. The van der Waals surface area contributed by atoms with Crippen LogP contribution in [-0.4, -0.2) is 14.5 Å². The average molecular weight is 310 g/mol. The lowest BCUT2D eigenvalue weighted by Gasteiger charge is -2.36. The first kappa shape index (κ1) is 16.3. The zero-order chi connectivity index (χ0) is 15.8. The number of nitrogens with two attached hydrogens (primary N) is 1. The molecular formula is C16H26N2O2S. The number of hydrogen-bond acceptors (Lipinski definition) is 3. The molecule has 0 aliphatic heterocycles. The molecule has 4 nitrogen and oxygen atoms in total. The van der Waals surface area contributed by atoms with E-state index >= 15 is 0 Å². The highest BCUT2D eigenvalue weighted by Crippen LogP contribution is 2.37. The van der Waals surface area contributed by atoms with Crippen molar-refractivity contribution in [2.45, 2.75) is 64.3 Å². The normalized spacial score (nSPS) is 22.0. The predicted molar refractivity (Wildman–Crippen MR) is 86.9 cm³/mol. The molecule has 0 heterocycles. The van der Waals surface area contributed by atoms with Gasteiger partial charge in [-0.15, -0.1) is 0 Å². The summed E-state index contributed by atoms with van der Waals surface area (Å²) in [5.74, 6) is 0.